The maximum atomic E-state index is 13.6. The summed E-state index contributed by atoms with van der Waals surface area (Å²) >= 11 is 0. The van der Waals surface area contributed by atoms with Gasteiger partial charge in [0.2, 0.25) is 0 Å². The molecule has 4 rings (SSSR count). The molecule has 1 heterocycles. The predicted molar refractivity (Wildman–Crippen MR) is 153 cm³/mol. The van der Waals surface area contributed by atoms with E-state index in [1.807, 2.05) is 35.2 Å². The predicted octanol–water partition coefficient (Wildman–Crippen LogP) is 8.69. The minimum Gasteiger partial charge on any atom is -0.445 e. The molecule has 3 aromatic carbocycles. The Morgan fingerprint density at radius 2 is 1.46 bits per heavy atom. The zero-order valence-electron chi connectivity index (χ0n) is 22.4. The molecule has 0 saturated carbocycles. The third-order valence-electron chi connectivity index (χ3n) is 7.72. The fourth-order valence-corrected chi connectivity index (χ4v) is 5.62. The van der Waals surface area contributed by atoms with Gasteiger partial charge in [-0.3, -0.25) is 0 Å². The molecular formula is C34H41NO2. The molecular weight excluding hydrogens is 454 g/mol. The standard InChI is InChI=1S/C34H41NO2/c1-3-5-6-10-17-28(4-2)24-32-25-34(30-20-13-8-14-21-30,31-22-15-9-16-23-31)27-35(32)33(36)37-26-29-18-11-7-12-19-29/h7-9,11-16,18-24,32H,3-6,10,17,25-27H2,1-2H3/b28-24-/t32-/m0/s1. The molecule has 0 aromatic heterocycles. The van der Waals surface area contributed by atoms with Crippen LogP contribution in [0.1, 0.15) is 75.5 Å². The smallest absolute Gasteiger partial charge is 0.410 e. The van der Waals surface area contributed by atoms with Crippen molar-refractivity contribution >= 4 is 6.09 Å². The van der Waals surface area contributed by atoms with Crippen LogP contribution in [-0.4, -0.2) is 23.6 Å². The fourth-order valence-electron chi connectivity index (χ4n) is 5.62. The Balaban J connectivity index is 1.66. The van der Waals surface area contributed by atoms with Gasteiger partial charge in [0.15, 0.2) is 0 Å². The summed E-state index contributed by atoms with van der Waals surface area (Å²) in [6, 6.07) is 31.3. The van der Waals surface area contributed by atoms with Gasteiger partial charge in [-0.1, -0.05) is 136 Å². The second-order valence-electron chi connectivity index (χ2n) is 10.2. The van der Waals surface area contributed by atoms with Gasteiger partial charge in [-0.2, -0.15) is 0 Å². The van der Waals surface area contributed by atoms with Crippen molar-refractivity contribution in [1.29, 1.82) is 0 Å². The molecule has 1 atom stereocenters. The fraction of sp³-hybridized carbons (Fsp3) is 0.382. The minimum absolute atomic E-state index is 0.00943. The van der Waals surface area contributed by atoms with E-state index in [1.165, 1.54) is 42.4 Å². The Hall–Kier alpha value is -3.33. The Bertz CT molecular complexity index is 1080. The van der Waals surface area contributed by atoms with Gasteiger partial charge in [0.05, 0.1) is 6.04 Å². The molecule has 0 bridgehead atoms. The van der Waals surface area contributed by atoms with E-state index < -0.39 is 0 Å². The normalized spacial score (nSPS) is 17.1. The van der Waals surface area contributed by atoms with Crippen molar-refractivity contribution < 1.29 is 9.53 Å². The van der Waals surface area contributed by atoms with Crippen molar-refractivity contribution in [2.24, 2.45) is 0 Å². The van der Waals surface area contributed by atoms with Crippen molar-refractivity contribution in [3.63, 3.8) is 0 Å². The topological polar surface area (TPSA) is 29.5 Å². The first-order chi connectivity index (χ1) is 18.2. The van der Waals surface area contributed by atoms with Gasteiger partial charge in [-0.15, -0.1) is 0 Å². The molecule has 0 N–H and O–H groups in total. The van der Waals surface area contributed by atoms with Crippen molar-refractivity contribution in [2.45, 2.75) is 76.9 Å². The van der Waals surface area contributed by atoms with Crippen LogP contribution in [0.5, 0.6) is 0 Å². The van der Waals surface area contributed by atoms with Crippen molar-refractivity contribution in [3.8, 4) is 0 Å². The first kappa shape index (κ1) is 26.7. The summed E-state index contributed by atoms with van der Waals surface area (Å²) < 4.78 is 5.89. The van der Waals surface area contributed by atoms with Crippen LogP contribution in [0.25, 0.3) is 0 Å². The van der Waals surface area contributed by atoms with Crippen LogP contribution in [0.2, 0.25) is 0 Å². The third kappa shape index (κ3) is 6.71. The summed E-state index contributed by atoms with van der Waals surface area (Å²) in [5, 5.41) is 0. The first-order valence-electron chi connectivity index (χ1n) is 13.9. The molecule has 1 fully saturated rings. The quantitative estimate of drug-likeness (QED) is 0.197. The minimum atomic E-state index is -0.281. The van der Waals surface area contributed by atoms with Gasteiger partial charge in [-0.05, 0) is 42.4 Å². The van der Waals surface area contributed by atoms with Crippen molar-refractivity contribution in [3.05, 3.63) is 119 Å². The molecule has 0 unspecified atom stereocenters. The maximum Gasteiger partial charge on any atom is 0.410 e. The van der Waals surface area contributed by atoms with Gasteiger partial charge in [0.1, 0.15) is 6.61 Å². The molecule has 3 heteroatoms. The average molecular weight is 496 g/mol. The largest absolute Gasteiger partial charge is 0.445 e. The lowest BCUT2D eigenvalue weighted by Gasteiger charge is -2.30. The average Bonchev–Trinajstić information content (AvgIpc) is 3.35. The SMILES string of the molecule is CCCCCC/C(=C\[C@H]1CC(c2ccccc2)(c2ccccc2)CN1C(=O)OCc1ccccc1)CC. The number of benzene rings is 3. The van der Waals surface area contributed by atoms with E-state index >= 15 is 0 Å². The number of carbonyl (C=O) groups is 1. The highest BCUT2D eigenvalue weighted by molar-refractivity contribution is 5.70. The summed E-state index contributed by atoms with van der Waals surface area (Å²) in [6.45, 7) is 5.37. The van der Waals surface area contributed by atoms with Crippen LogP contribution in [0.15, 0.2) is 103 Å². The second kappa shape index (κ2) is 13.3. The molecule has 1 aliphatic rings. The van der Waals surface area contributed by atoms with Crippen molar-refractivity contribution in [1.82, 2.24) is 4.90 Å². The first-order valence-corrected chi connectivity index (χ1v) is 13.9. The summed E-state index contributed by atoms with van der Waals surface area (Å²) in [5.41, 5.74) is 4.66. The lowest BCUT2D eigenvalue weighted by Crippen LogP contribution is -2.37. The van der Waals surface area contributed by atoms with E-state index in [1.54, 1.807) is 0 Å². The molecule has 3 aromatic rings. The van der Waals surface area contributed by atoms with E-state index in [2.05, 4.69) is 80.6 Å². The Labute approximate surface area is 223 Å². The number of amides is 1. The Morgan fingerprint density at radius 1 is 0.865 bits per heavy atom. The number of likely N-dealkylation sites (tertiary alicyclic amines) is 1. The van der Waals surface area contributed by atoms with E-state index in [-0.39, 0.29) is 24.2 Å². The molecule has 1 amide bonds. The Kier molecular flexibility index (Phi) is 9.59. The number of hydrogen-bond acceptors (Lipinski definition) is 2. The van der Waals surface area contributed by atoms with E-state index in [0.717, 1.165) is 24.8 Å². The van der Waals surface area contributed by atoms with E-state index in [0.29, 0.717) is 6.54 Å². The maximum absolute atomic E-state index is 13.6. The second-order valence-corrected chi connectivity index (χ2v) is 10.2. The van der Waals surface area contributed by atoms with Crippen LogP contribution in [0, 0.1) is 0 Å². The number of allylic oxidation sites excluding steroid dienone is 1. The number of ether oxygens (including phenoxy) is 1. The molecule has 1 aliphatic heterocycles. The number of hydrogen-bond donors (Lipinski definition) is 0. The van der Waals surface area contributed by atoms with E-state index in [4.69, 9.17) is 4.74 Å². The van der Waals surface area contributed by atoms with Gasteiger partial charge in [-0.25, -0.2) is 4.79 Å². The zero-order valence-corrected chi connectivity index (χ0v) is 22.4. The van der Waals surface area contributed by atoms with Gasteiger partial charge in [0.25, 0.3) is 0 Å². The highest BCUT2D eigenvalue weighted by atomic mass is 16.6. The summed E-state index contributed by atoms with van der Waals surface area (Å²) in [5.74, 6) is 0. The number of nitrogens with zero attached hydrogens (tertiary/aromatic N) is 1. The zero-order chi connectivity index (χ0) is 25.9. The number of unbranched alkanes of at least 4 members (excludes halogenated alkanes) is 3. The van der Waals surface area contributed by atoms with Crippen LogP contribution in [0.3, 0.4) is 0 Å². The van der Waals surface area contributed by atoms with Crippen LogP contribution in [0.4, 0.5) is 4.79 Å². The van der Waals surface area contributed by atoms with Crippen LogP contribution < -0.4 is 0 Å². The Morgan fingerprint density at radius 3 is 2.03 bits per heavy atom. The summed E-state index contributed by atoms with van der Waals surface area (Å²) in [6.07, 6.45) is 10.1. The molecule has 1 saturated heterocycles. The van der Waals surface area contributed by atoms with Crippen LogP contribution >= 0.6 is 0 Å². The van der Waals surface area contributed by atoms with Gasteiger partial charge >= 0.3 is 6.09 Å². The molecule has 3 nitrogen and oxygen atoms in total. The summed E-state index contributed by atoms with van der Waals surface area (Å²) in [4.78, 5) is 15.6. The molecule has 0 aliphatic carbocycles. The van der Waals surface area contributed by atoms with Gasteiger partial charge in [0, 0.05) is 12.0 Å². The summed E-state index contributed by atoms with van der Waals surface area (Å²) in [7, 11) is 0. The number of rotatable bonds is 11. The molecule has 0 radical (unpaired) electrons. The highest BCUT2D eigenvalue weighted by Crippen LogP contribution is 2.44. The lowest BCUT2D eigenvalue weighted by molar-refractivity contribution is 0.0962. The molecule has 194 valence electrons. The molecule has 0 spiro atoms. The monoisotopic (exact) mass is 495 g/mol. The van der Waals surface area contributed by atoms with Gasteiger partial charge < -0.3 is 9.64 Å². The third-order valence-corrected chi connectivity index (χ3v) is 7.72. The van der Waals surface area contributed by atoms with E-state index in [9.17, 15) is 4.79 Å². The van der Waals surface area contributed by atoms with Crippen molar-refractivity contribution in [2.75, 3.05) is 6.54 Å². The van der Waals surface area contributed by atoms with Crippen LogP contribution in [-0.2, 0) is 16.8 Å². The number of carbonyl (C=O) groups excluding carboxylic acids is 1. The highest BCUT2D eigenvalue weighted by Gasteiger charge is 2.48. The lowest BCUT2D eigenvalue weighted by atomic mass is 9.73. The molecule has 37 heavy (non-hydrogen) atoms.